The summed E-state index contributed by atoms with van der Waals surface area (Å²) in [5, 5.41) is 16.3. The standard InChI is InChI=1S/C16H21FN4OS/c1-11-20-14(10-23-11)9-21(3)16(18-2)19-8-15(22)12-4-6-13(17)7-5-12/h4-7,10,15,22H,8-9H2,1-3H3,(H,18,19). The van der Waals surface area contributed by atoms with Crippen molar-refractivity contribution in [3.63, 3.8) is 0 Å². The third-order valence-corrected chi connectivity index (χ3v) is 4.17. The molecule has 2 aromatic rings. The molecular weight excluding hydrogens is 315 g/mol. The van der Waals surface area contributed by atoms with E-state index in [4.69, 9.17) is 0 Å². The lowest BCUT2D eigenvalue weighted by atomic mass is 10.1. The number of guanidine groups is 1. The van der Waals surface area contributed by atoms with E-state index in [-0.39, 0.29) is 5.82 Å². The van der Waals surface area contributed by atoms with E-state index in [1.807, 2.05) is 24.3 Å². The molecule has 0 saturated carbocycles. The minimum atomic E-state index is -0.734. The monoisotopic (exact) mass is 336 g/mol. The highest BCUT2D eigenvalue weighted by atomic mass is 32.1. The van der Waals surface area contributed by atoms with Crippen molar-refractivity contribution >= 4 is 17.3 Å². The van der Waals surface area contributed by atoms with Crippen molar-refractivity contribution in [2.24, 2.45) is 4.99 Å². The van der Waals surface area contributed by atoms with Crippen molar-refractivity contribution in [3.8, 4) is 0 Å². The molecule has 1 atom stereocenters. The van der Waals surface area contributed by atoms with Crippen LogP contribution in [0.3, 0.4) is 0 Å². The summed E-state index contributed by atoms with van der Waals surface area (Å²) in [5.74, 6) is 0.347. The van der Waals surface area contributed by atoms with Crippen LogP contribution in [0.15, 0.2) is 34.6 Å². The molecule has 0 amide bonds. The van der Waals surface area contributed by atoms with Crippen LogP contribution in [0.25, 0.3) is 0 Å². The summed E-state index contributed by atoms with van der Waals surface area (Å²) < 4.78 is 12.9. The van der Waals surface area contributed by atoms with Crippen LogP contribution in [0.5, 0.6) is 0 Å². The number of nitrogens with one attached hydrogen (secondary N) is 1. The van der Waals surface area contributed by atoms with Crippen LogP contribution in [0, 0.1) is 12.7 Å². The second-order valence-corrected chi connectivity index (χ2v) is 6.27. The molecule has 2 N–H and O–H groups in total. The maximum Gasteiger partial charge on any atom is 0.193 e. The summed E-state index contributed by atoms with van der Waals surface area (Å²) in [6.07, 6.45) is -0.734. The zero-order valence-corrected chi connectivity index (χ0v) is 14.3. The number of benzene rings is 1. The first kappa shape index (κ1) is 17.4. The average Bonchev–Trinajstić information content (AvgIpc) is 2.93. The van der Waals surface area contributed by atoms with E-state index >= 15 is 0 Å². The molecule has 5 nitrogen and oxygen atoms in total. The minimum absolute atomic E-state index is 0.290. The van der Waals surface area contributed by atoms with Crippen LogP contribution in [0.1, 0.15) is 22.4 Å². The van der Waals surface area contributed by atoms with E-state index in [1.54, 1.807) is 30.5 Å². The molecule has 0 aliphatic rings. The SMILES string of the molecule is CN=C(NCC(O)c1ccc(F)cc1)N(C)Cc1csc(C)n1. The van der Waals surface area contributed by atoms with E-state index in [0.717, 1.165) is 10.7 Å². The van der Waals surface area contributed by atoms with Gasteiger partial charge in [0, 0.05) is 26.0 Å². The number of hydrogen-bond donors (Lipinski definition) is 2. The highest BCUT2D eigenvalue weighted by Crippen LogP contribution is 2.13. The van der Waals surface area contributed by atoms with Gasteiger partial charge in [-0.05, 0) is 24.6 Å². The molecule has 1 aromatic heterocycles. The van der Waals surface area contributed by atoms with Crippen molar-refractivity contribution in [1.82, 2.24) is 15.2 Å². The van der Waals surface area contributed by atoms with Gasteiger partial charge in [-0.15, -0.1) is 11.3 Å². The predicted molar refractivity (Wildman–Crippen MR) is 91.0 cm³/mol. The summed E-state index contributed by atoms with van der Waals surface area (Å²) in [4.78, 5) is 10.6. The number of aromatic nitrogens is 1. The fraction of sp³-hybridized carbons (Fsp3) is 0.375. The Labute approximate surface area is 139 Å². The lowest BCUT2D eigenvalue weighted by Crippen LogP contribution is -2.40. The molecule has 0 saturated heterocycles. The van der Waals surface area contributed by atoms with Crippen molar-refractivity contribution in [1.29, 1.82) is 0 Å². The van der Waals surface area contributed by atoms with Gasteiger partial charge in [0.05, 0.1) is 23.4 Å². The van der Waals surface area contributed by atoms with E-state index < -0.39 is 6.10 Å². The molecule has 1 heterocycles. The fourth-order valence-corrected chi connectivity index (χ4v) is 2.78. The van der Waals surface area contributed by atoms with Crippen LogP contribution in [0.4, 0.5) is 4.39 Å². The van der Waals surface area contributed by atoms with Gasteiger partial charge in [0.1, 0.15) is 5.82 Å². The number of aliphatic hydroxyl groups excluding tert-OH is 1. The van der Waals surface area contributed by atoms with Gasteiger partial charge in [-0.1, -0.05) is 12.1 Å². The maximum atomic E-state index is 12.9. The van der Waals surface area contributed by atoms with Gasteiger partial charge in [-0.3, -0.25) is 4.99 Å². The largest absolute Gasteiger partial charge is 0.387 e. The van der Waals surface area contributed by atoms with Crippen molar-refractivity contribution in [2.75, 3.05) is 20.6 Å². The van der Waals surface area contributed by atoms with E-state index in [0.29, 0.717) is 24.6 Å². The van der Waals surface area contributed by atoms with Crippen molar-refractivity contribution < 1.29 is 9.50 Å². The van der Waals surface area contributed by atoms with Gasteiger partial charge >= 0.3 is 0 Å². The van der Waals surface area contributed by atoms with Gasteiger partial charge in [0.2, 0.25) is 0 Å². The minimum Gasteiger partial charge on any atom is -0.387 e. The van der Waals surface area contributed by atoms with Gasteiger partial charge in [0.25, 0.3) is 0 Å². The molecule has 0 radical (unpaired) electrons. The molecule has 7 heteroatoms. The van der Waals surface area contributed by atoms with Crippen molar-refractivity contribution in [2.45, 2.75) is 19.6 Å². The van der Waals surface area contributed by atoms with Gasteiger partial charge in [-0.2, -0.15) is 0 Å². The van der Waals surface area contributed by atoms with Crippen LogP contribution in [-0.2, 0) is 6.54 Å². The average molecular weight is 336 g/mol. The lowest BCUT2D eigenvalue weighted by Gasteiger charge is -2.22. The molecular formula is C16H21FN4OS. The number of hydrogen-bond acceptors (Lipinski definition) is 4. The maximum absolute atomic E-state index is 12.9. The Balaban J connectivity index is 1.90. The lowest BCUT2D eigenvalue weighted by molar-refractivity contribution is 0.179. The summed E-state index contributed by atoms with van der Waals surface area (Å²) in [6.45, 7) is 2.90. The summed E-state index contributed by atoms with van der Waals surface area (Å²) >= 11 is 1.61. The Hall–Kier alpha value is -1.99. The first-order valence-electron chi connectivity index (χ1n) is 7.26. The second kappa shape index (κ2) is 8.03. The second-order valence-electron chi connectivity index (χ2n) is 5.21. The third kappa shape index (κ3) is 5.01. The highest BCUT2D eigenvalue weighted by molar-refractivity contribution is 7.09. The van der Waals surface area contributed by atoms with Crippen LogP contribution in [-0.4, -0.2) is 41.6 Å². The van der Waals surface area contributed by atoms with Crippen LogP contribution >= 0.6 is 11.3 Å². The van der Waals surface area contributed by atoms with E-state index in [1.165, 1.54) is 12.1 Å². The van der Waals surface area contributed by atoms with Gasteiger partial charge in [0.15, 0.2) is 5.96 Å². The smallest absolute Gasteiger partial charge is 0.193 e. The van der Waals surface area contributed by atoms with Crippen LogP contribution < -0.4 is 5.32 Å². The molecule has 1 aromatic carbocycles. The molecule has 2 rings (SSSR count). The number of thiazole rings is 1. The molecule has 0 aliphatic carbocycles. The Morgan fingerprint density at radius 3 is 2.70 bits per heavy atom. The summed E-state index contributed by atoms with van der Waals surface area (Å²) in [6, 6.07) is 5.83. The first-order chi connectivity index (χ1) is 11.0. The number of aliphatic hydroxyl groups is 1. The highest BCUT2D eigenvalue weighted by Gasteiger charge is 2.12. The number of aliphatic imine (C=N–C) groups is 1. The molecule has 0 aliphatic heterocycles. The zero-order valence-electron chi connectivity index (χ0n) is 13.5. The molecule has 0 bridgehead atoms. The Morgan fingerprint density at radius 1 is 1.43 bits per heavy atom. The Bertz CT molecular complexity index is 656. The molecule has 1 unspecified atom stereocenters. The normalized spacial score (nSPS) is 13.0. The van der Waals surface area contributed by atoms with Gasteiger partial charge in [-0.25, -0.2) is 9.37 Å². The zero-order chi connectivity index (χ0) is 16.8. The number of nitrogens with zero attached hydrogens (tertiary/aromatic N) is 3. The summed E-state index contributed by atoms with van der Waals surface area (Å²) in [5.41, 5.74) is 1.64. The van der Waals surface area contributed by atoms with Crippen LogP contribution in [0.2, 0.25) is 0 Å². The first-order valence-corrected chi connectivity index (χ1v) is 8.14. The number of halogens is 1. The van der Waals surface area contributed by atoms with E-state index in [9.17, 15) is 9.50 Å². The summed E-state index contributed by atoms with van der Waals surface area (Å²) in [7, 11) is 3.60. The molecule has 0 fully saturated rings. The Morgan fingerprint density at radius 2 is 2.13 bits per heavy atom. The number of aryl methyl sites for hydroxylation is 1. The quantitative estimate of drug-likeness (QED) is 0.650. The van der Waals surface area contributed by atoms with Gasteiger partial charge < -0.3 is 15.3 Å². The number of rotatable bonds is 5. The Kier molecular flexibility index (Phi) is 6.06. The predicted octanol–water partition coefficient (Wildman–Crippen LogP) is 2.33. The third-order valence-electron chi connectivity index (χ3n) is 3.35. The fourth-order valence-electron chi connectivity index (χ4n) is 2.17. The molecule has 124 valence electrons. The topological polar surface area (TPSA) is 60.8 Å². The van der Waals surface area contributed by atoms with E-state index in [2.05, 4.69) is 15.3 Å². The molecule has 0 spiro atoms. The van der Waals surface area contributed by atoms with Crippen molar-refractivity contribution in [3.05, 3.63) is 51.7 Å². The molecule has 23 heavy (non-hydrogen) atoms.